The quantitative estimate of drug-likeness (QED) is 0.407. The van der Waals surface area contributed by atoms with Gasteiger partial charge in [0.2, 0.25) is 0 Å². The van der Waals surface area contributed by atoms with E-state index in [1.165, 1.54) is 25.3 Å². The second-order valence-corrected chi connectivity index (χ2v) is 7.39. The standard InChI is InChI=1S/C24H20ClN3O4/c1-14-9-16(15(2)28(14)19-7-8-22(25)21(12-19)24(30)31)10-17(13-26)23(29)27-18-5-4-6-20(11-18)32-3/h4-12H,1-3H3,(H,27,29)(H,30,31). The van der Waals surface area contributed by atoms with Crippen LogP contribution >= 0.6 is 11.6 Å². The maximum atomic E-state index is 12.6. The molecule has 1 heterocycles. The molecule has 32 heavy (non-hydrogen) atoms. The van der Waals surface area contributed by atoms with Crippen LogP contribution in [-0.4, -0.2) is 28.7 Å². The molecule has 3 aromatic rings. The molecule has 162 valence electrons. The number of rotatable bonds is 6. The summed E-state index contributed by atoms with van der Waals surface area (Å²) in [5, 5.41) is 21.7. The number of hydrogen-bond donors (Lipinski definition) is 2. The van der Waals surface area contributed by atoms with Crippen LogP contribution in [0.3, 0.4) is 0 Å². The first-order valence-corrected chi connectivity index (χ1v) is 9.92. The number of aryl methyl sites for hydroxylation is 1. The lowest BCUT2D eigenvalue weighted by Crippen LogP contribution is -2.13. The molecule has 0 spiro atoms. The summed E-state index contributed by atoms with van der Waals surface area (Å²) in [5.41, 5.74) is 3.23. The number of ether oxygens (including phenoxy) is 1. The van der Waals surface area contributed by atoms with Crippen molar-refractivity contribution in [3.05, 3.63) is 81.6 Å². The van der Waals surface area contributed by atoms with Crippen molar-refractivity contribution in [1.82, 2.24) is 4.57 Å². The van der Waals surface area contributed by atoms with Crippen LogP contribution in [0.5, 0.6) is 5.75 Å². The van der Waals surface area contributed by atoms with Gasteiger partial charge in [0.25, 0.3) is 5.91 Å². The Balaban J connectivity index is 1.96. The van der Waals surface area contributed by atoms with E-state index in [-0.39, 0.29) is 16.2 Å². The Kier molecular flexibility index (Phi) is 6.67. The van der Waals surface area contributed by atoms with Gasteiger partial charge in [0.1, 0.15) is 17.4 Å². The normalized spacial score (nSPS) is 11.0. The second-order valence-electron chi connectivity index (χ2n) is 6.99. The highest BCUT2D eigenvalue weighted by Gasteiger charge is 2.16. The predicted octanol–water partition coefficient (Wildman–Crippen LogP) is 5.00. The minimum absolute atomic E-state index is 0.0101. The van der Waals surface area contributed by atoms with E-state index in [1.807, 2.05) is 30.6 Å². The first kappa shape index (κ1) is 22.7. The number of carboxylic acid groups (broad SMARTS) is 1. The smallest absolute Gasteiger partial charge is 0.337 e. The molecule has 0 radical (unpaired) electrons. The van der Waals surface area contributed by atoms with Crippen LogP contribution in [0.2, 0.25) is 5.02 Å². The van der Waals surface area contributed by atoms with E-state index in [9.17, 15) is 20.0 Å². The largest absolute Gasteiger partial charge is 0.497 e. The number of nitriles is 1. The number of carbonyl (C=O) groups is 2. The van der Waals surface area contributed by atoms with Gasteiger partial charge in [0.15, 0.2) is 0 Å². The number of nitrogens with one attached hydrogen (secondary N) is 1. The van der Waals surface area contributed by atoms with Gasteiger partial charge in [-0.05, 0) is 61.9 Å². The summed E-state index contributed by atoms with van der Waals surface area (Å²) in [4.78, 5) is 24.1. The molecular formula is C24H20ClN3O4. The lowest BCUT2D eigenvalue weighted by molar-refractivity contribution is -0.112. The van der Waals surface area contributed by atoms with Crippen LogP contribution in [0.1, 0.15) is 27.3 Å². The van der Waals surface area contributed by atoms with Crippen LogP contribution in [-0.2, 0) is 4.79 Å². The van der Waals surface area contributed by atoms with E-state index in [2.05, 4.69) is 5.32 Å². The Morgan fingerprint density at radius 1 is 1.19 bits per heavy atom. The number of amides is 1. The van der Waals surface area contributed by atoms with Gasteiger partial charge in [0, 0.05) is 28.8 Å². The first-order chi connectivity index (χ1) is 15.2. The lowest BCUT2D eigenvalue weighted by Gasteiger charge is -2.11. The van der Waals surface area contributed by atoms with E-state index in [4.69, 9.17) is 16.3 Å². The highest BCUT2D eigenvalue weighted by atomic mass is 35.5. The zero-order valence-electron chi connectivity index (χ0n) is 17.6. The number of benzene rings is 2. The van der Waals surface area contributed by atoms with Crippen molar-refractivity contribution in [2.24, 2.45) is 0 Å². The maximum Gasteiger partial charge on any atom is 0.337 e. The molecule has 3 rings (SSSR count). The molecule has 0 bridgehead atoms. The summed E-state index contributed by atoms with van der Waals surface area (Å²) in [6.45, 7) is 3.67. The minimum Gasteiger partial charge on any atom is -0.497 e. The average molecular weight is 450 g/mol. The zero-order valence-corrected chi connectivity index (χ0v) is 18.4. The summed E-state index contributed by atoms with van der Waals surface area (Å²) in [6, 6.07) is 15.3. The van der Waals surface area contributed by atoms with Crippen molar-refractivity contribution in [2.45, 2.75) is 13.8 Å². The Hall–Kier alpha value is -4.02. The van der Waals surface area contributed by atoms with Crippen molar-refractivity contribution >= 4 is 35.2 Å². The predicted molar refractivity (Wildman–Crippen MR) is 122 cm³/mol. The van der Waals surface area contributed by atoms with Crippen LogP contribution in [0.4, 0.5) is 5.69 Å². The van der Waals surface area contributed by atoms with E-state index < -0.39 is 11.9 Å². The molecule has 1 amide bonds. The number of aromatic nitrogens is 1. The molecule has 0 aliphatic carbocycles. The third kappa shape index (κ3) is 4.66. The Morgan fingerprint density at radius 3 is 2.59 bits per heavy atom. The number of halogens is 1. The van der Waals surface area contributed by atoms with Crippen molar-refractivity contribution in [2.75, 3.05) is 12.4 Å². The average Bonchev–Trinajstić information content (AvgIpc) is 3.05. The molecular weight excluding hydrogens is 430 g/mol. The summed E-state index contributed by atoms with van der Waals surface area (Å²) in [5.74, 6) is -1.09. The number of nitrogens with zero attached hydrogens (tertiary/aromatic N) is 2. The number of carboxylic acids is 1. The van der Waals surface area contributed by atoms with E-state index >= 15 is 0 Å². The van der Waals surface area contributed by atoms with E-state index in [0.29, 0.717) is 22.7 Å². The van der Waals surface area contributed by atoms with Gasteiger partial charge in [-0.15, -0.1) is 0 Å². The molecule has 8 heteroatoms. The molecule has 0 unspecified atom stereocenters. The molecule has 0 aliphatic rings. The Bertz CT molecular complexity index is 1280. The number of anilines is 1. The lowest BCUT2D eigenvalue weighted by atomic mass is 10.1. The van der Waals surface area contributed by atoms with Crippen LogP contribution in [0, 0.1) is 25.2 Å². The summed E-state index contributed by atoms with van der Waals surface area (Å²) in [6.07, 6.45) is 1.50. The SMILES string of the molecule is COc1cccc(NC(=O)C(C#N)=Cc2cc(C)n(-c3ccc(Cl)c(C(=O)O)c3)c2C)c1. The molecule has 2 N–H and O–H groups in total. The fourth-order valence-corrected chi connectivity index (χ4v) is 3.55. The van der Waals surface area contributed by atoms with Gasteiger partial charge >= 0.3 is 5.97 Å². The Labute approximate surface area is 190 Å². The van der Waals surface area contributed by atoms with E-state index in [1.54, 1.807) is 30.3 Å². The Morgan fingerprint density at radius 2 is 1.94 bits per heavy atom. The molecule has 0 fully saturated rings. The third-order valence-corrected chi connectivity index (χ3v) is 5.23. The fourth-order valence-electron chi connectivity index (χ4n) is 3.35. The van der Waals surface area contributed by atoms with Crippen molar-refractivity contribution in [3.8, 4) is 17.5 Å². The van der Waals surface area contributed by atoms with Gasteiger partial charge in [-0.1, -0.05) is 17.7 Å². The number of aromatic carboxylic acids is 1. The number of carbonyl (C=O) groups excluding carboxylic acids is 1. The number of methoxy groups -OCH3 is 1. The molecule has 2 aromatic carbocycles. The number of hydrogen-bond acceptors (Lipinski definition) is 4. The van der Waals surface area contributed by atoms with Crippen molar-refractivity contribution in [1.29, 1.82) is 5.26 Å². The monoisotopic (exact) mass is 449 g/mol. The van der Waals surface area contributed by atoms with Crippen LogP contribution in [0.15, 0.2) is 54.1 Å². The van der Waals surface area contributed by atoms with Crippen molar-refractivity contribution < 1.29 is 19.4 Å². The third-order valence-electron chi connectivity index (χ3n) is 4.90. The van der Waals surface area contributed by atoms with Gasteiger partial charge in [-0.25, -0.2) is 4.79 Å². The first-order valence-electron chi connectivity index (χ1n) is 9.54. The van der Waals surface area contributed by atoms with Crippen LogP contribution < -0.4 is 10.1 Å². The molecule has 1 aromatic heterocycles. The highest BCUT2D eigenvalue weighted by molar-refractivity contribution is 6.33. The molecule has 0 atom stereocenters. The topological polar surface area (TPSA) is 104 Å². The molecule has 0 saturated carbocycles. The van der Waals surface area contributed by atoms with Crippen molar-refractivity contribution in [3.63, 3.8) is 0 Å². The summed E-state index contributed by atoms with van der Waals surface area (Å²) < 4.78 is 6.98. The maximum absolute atomic E-state index is 12.6. The molecule has 0 saturated heterocycles. The second kappa shape index (κ2) is 9.41. The molecule has 0 aliphatic heterocycles. The van der Waals surface area contributed by atoms with Gasteiger partial charge in [-0.3, -0.25) is 4.79 Å². The van der Waals surface area contributed by atoms with Gasteiger partial charge < -0.3 is 19.7 Å². The van der Waals surface area contributed by atoms with Gasteiger partial charge in [0.05, 0.1) is 17.7 Å². The van der Waals surface area contributed by atoms with Crippen LogP contribution in [0.25, 0.3) is 11.8 Å². The zero-order chi connectivity index (χ0) is 23.4. The van der Waals surface area contributed by atoms with Gasteiger partial charge in [-0.2, -0.15) is 5.26 Å². The summed E-state index contributed by atoms with van der Waals surface area (Å²) >= 11 is 5.98. The van der Waals surface area contributed by atoms with E-state index in [0.717, 1.165) is 11.4 Å². The summed E-state index contributed by atoms with van der Waals surface area (Å²) in [7, 11) is 1.53. The highest BCUT2D eigenvalue weighted by Crippen LogP contribution is 2.26. The molecule has 7 nitrogen and oxygen atoms in total. The minimum atomic E-state index is -1.12. The fraction of sp³-hybridized carbons (Fsp3) is 0.125.